The van der Waals surface area contributed by atoms with Crippen molar-refractivity contribution in [3.05, 3.63) is 30.1 Å². The summed E-state index contributed by atoms with van der Waals surface area (Å²) in [5, 5.41) is 0. The molecule has 1 aromatic heterocycles. The Morgan fingerprint density at radius 3 is 2.69 bits per heavy atom. The van der Waals surface area contributed by atoms with Crippen LogP contribution in [0.5, 0.6) is 0 Å². The zero-order valence-corrected chi connectivity index (χ0v) is 8.14. The highest BCUT2D eigenvalue weighted by atomic mass is 15.1. The fourth-order valence-electron chi connectivity index (χ4n) is 0.877. The molecule has 3 nitrogen and oxygen atoms in total. The van der Waals surface area contributed by atoms with E-state index in [-0.39, 0.29) is 0 Å². The van der Waals surface area contributed by atoms with Crippen LogP contribution in [-0.2, 0) is 0 Å². The van der Waals surface area contributed by atoms with E-state index in [1.165, 1.54) is 0 Å². The van der Waals surface area contributed by atoms with Gasteiger partial charge in [0, 0.05) is 25.2 Å². The lowest BCUT2D eigenvalue weighted by atomic mass is 10.3. The molecule has 0 bridgehead atoms. The van der Waals surface area contributed by atoms with Crippen molar-refractivity contribution in [2.75, 3.05) is 27.2 Å². The van der Waals surface area contributed by atoms with Gasteiger partial charge in [-0.3, -0.25) is 9.98 Å². The summed E-state index contributed by atoms with van der Waals surface area (Å²) >= 11 is 0. The van der Waals surface area contributed by atoms with E-state index in [1.54, 1.807) is 12.4 Å². The summed E-state index contributed by atoms with van der Waals surface area (Å²) < 4.78 is 0. The summed E-state index contributed by atoms with van der Waals surface area (Å²) in [4.78, 5) is 10.3. The van der Waals surface area contributed by atoms with Gasteiger partial charge in [-0.05, 0) is 31.8 Å². The van der Waals surface area contributed by atoms with Crippen molar-refractivity contribution in [2.24, 2.45) is 4.99 Å². The first-order valence-electron chi connectivity index (χ1n) is 4.33. The molecule has 0 fully saturated rings. The van der Waals surface area contributed by atoms with Gasteiger partial charge in [-0.25, -0.2) is 0 Å². The van der Waals surface area contributed by atoms with E-state index in [0.717, 1.165) is 18.7 Å². The van der Waals surface area contributed by atoms with Crippen LogP contribution in [0.2, 0.25) is 0 Å². The van der Waals surface area contributed by atoms with Gasteiger partial charge in [-0.2, -0.15) is 0 Å². The molecule has 13 heavy (non-hydrogen) atoms. The van der Waals surface area contributed by atoms with Crippen molar-refractivity contribution in [3.63, 3.8) is 0 Å². The topological polar surface area (TPSA) is 28.5 Å². The second kappa shape index (κ2) is 5.43. The van der Waals surface area contributed by atoms with Gasteiger partial charge in [-0.15, -0.1) is 0 Å². The largest absolute Gasteiger partial charge is 0.308 e. The molecular weight excluding hydrogens is 162 g/mol. The normalized spacial score (nSPS) is 11.3. The van der Waals surface area contributed by atoms with Crippen LogP contribution in [0.3, 0.4) is 0 Å². The molecule has 0 aliphatic heterocycles. The van der Waals surface area contributed by atoms with Crippen molar-refractivity contribution in [1.82, 2.24) is 9.88 Å². The molecule has 0 aromatic carbocycles. The number of hydrogen-bond donors (Lipinski definition) is 0. The maximum absolute atomic E-state index is 4.29. The zero-order valence-electron chi connectivity index (χ0n) is 8.14. The molecule has 0 amide bonds. The minimum Gasteiger partial charge on any atom is -0.308 e. The van der Waals surface area contributed by atoms with Crippen molar-refractivity contribution in [1.29, 1.82) is 0 Å². The Labute approximate surface area is 79.1 Å². The summed E-state index contributed by atoms with van der Waals surface area (Å²) in [6, 6.07) is 3.89. The Kier molecular flexibility index (Phi) is 4.12. The molecule has 0 spiro atoms. The van der Waals surface area contributed by atoms with Gasteiger partial charge in [0.2, 0.25) is 0 Å². The van der Waals surface area contributed by atoms with Gasteiger partial charge in [0.05, 0.1) is 6.54 Å². The Morgan fingerprint density at radius 2 is 2.08 bits per heavy atom. The molecule has 0 atom stereocenters. The fourth-order valence-corrected chi connectivity index (χ4v) is 0.877. The van der Waals surface area contributed by atoms with Crippen molar-refractivity contribution in [2.45, 2.75) is 0 Å². The highest BCUT2D eigenvalue weighted by Crippen LogP contribution is 1.90. The first kappa shape index (κ1) is 9.86. The minimum absolute atomic E-state index is 0.843. The number of aromatic nitrogens is 1. The van der Waals surface area contributed by atoms with E-state index in [4.69, 9.17) is 0 Å². The summed E-state index contributed by atoms with van der Waals surface area (Å²) in [7, 11) is 4.09. The van der Waals surface area contributed by atoms with Gasteiger partial charge < -0.3 is 4.90 Å². The quantitative estimate of drug-likeness (QED) is 0.643. The second-order valence-corrected chi connectivity index (χ2v) is 3.12. The average Bonchev–Trinajstić information content (AvgIpc) is 2.14. The Hall–Kier alpha value is -1.22. The lowest BCUT2D eigenvalue weighted by molar-refractivity contribution is 0.421. The number of aliphatic imine (C=N–C) groups is 1. The predicted molar refractivity (Wildman–Crippen MR) is 55.3 cm³/mol. The monoisotopic (exact) mass is 177 g/mol. The molecule has 70 valence electrons. The Balaban J connectivity index is 2.33. The van der Waals surface area contributed by atoms with Crippen molar-refractivity contribution in [3.8, 4) is 0 Å². The molecule has 0 saturated carbocycles. The van der Waals surface area contributed by atoms with Crippen molar-refractivity contribution < 1.29 is 0 Å². The maximum atomic E-state index is 4.29. The lowest BCUT2D eigenvalue weighted by Gasteiger charge is -2.05. The third kappa shape index (κ3) is 4.38. The van der Waals surface area contributed by atoms with Gasteiger partial charge in [0.1, 0.15) is 0 Å². The van der Waals surface area contributed by atoms with Crippen LogP contribution in [0, 0.1) is 0 Å². The molecular formula is C10H15N3. The molecule has 1 heterocycles. The van der Waals surface area contributed by atoms with Crippen LogP contribution in [0.1, 0.15) is 5.56 Å². The predicted octanol–water partition coefficient (Wildman–Crippen LogP) is 1.06. The molecule has 3 heteroatoms. The molecule has 1 aromatic rings. The molecule has 0 unspecified atom stereocenters. The van der Waals surface area contributed by atoms with Crippen molar-refractivity contribution >= 4 is 6.21 Å². The van der Waals surface area contributed by atoms with E-state index in [2.05, 4.69) is 14.9 Å². The second-order valence-electron chi connectivity index (χ2n) is 3.12. The van der Waals surface area contributed by atoms with E-state index >= 15 is 0 Å². The van der Waals surface area contributed by atoms with E-state index in [0.29, 0.717) is 0 Å². The molecule has 0 radical (unpaired) electrons. The maximum Gasteiger partial charge on any atom is 0.0516 e. The van der Waals surface area contributed by atoms with E-state index < -0.39 is 0 Å². The van der Waals surface area contributed by atoms with Crippen LogP contribution in [0.15, 0.2) is 29.5 Å². The number of rotatable bonds is 4. The number of hydrogen-bond acceptors (Lipinski definition) is 3. The fraction of sp³-hybridized carbons (Fsp3) is 0.400. The number of pyridine rings is 1. The zero-order chi connectivity index (χ0) is 9.52. The first-order valence-corrected chi connectivity index (χ1v) is 4.33. The average molecular weight is 177 g/mol. The highest BCUT2D eigenvalue weighted by Gasteiger charge is 1.86. The summed E-state index contributed by atoms with van der Waals surface area (Å²) in [5.74, 6) is 0. The number of nitrogens with zero attached hydrogens (tertiary/aromatic N) is 3. The van der Waals surface area contributed by atoms with Crippen LogP contribution >= 0.6 is 0 Å². The summed E-state index contributed by atoms with van der Waals surface area (Å²) in [6.45, 7) is 1.83. The third-order valence-corrected chi connectivity index (χ3v) is 1.62. The van der Waals surface area contributed by atoms with E-state index in [9.17, 15) is 0 Å². The van der Waals surface area contributed by atoms with Gasteiger partial charge >= 0.3 is 0 Å². The lowest BCUT2D eigenvalue weighted by Crippen LogP contribution is -2.15. The van der Waals surface area contributed by atoms with Crippen LogP contribution in [0.25, 0.3) is 0 Å². The molecule has 1 rings (SSSR count). The molecule has 0 aliphatic carbocycles. The summed E-state index contributed by atoms with van der Waals surface area (Å²) in [5.41, 5.74) is 1.11. The molecule has 0 saturated heterocycles. The third-order valence-electron chi connectivity index (χ3n) is 1.62. The molecule has 0 N–H and O–H groups in total. The molecule has 0 aliphatic rings. The van der Waals surface area contributed by atoms with E-state index in [1.807, 2.05) is 32.4 Å². The first-order chi connectivity index (χ1) is 6.29. The SMILES string of the molecule is CN(C)CCN=Cc1ccncc1. The number of likely N-dealkylation sites (N-methyl/N-ethyl adjacent to an activating group) is 1. The Bertz CT molecular complexity index is 254. The van der Waals surface area contributed by atoms with Gasteiger partial charge in [0.25, 0.3) is 0 Å². The standard InChI is InChI=1S/C10H15N3/c1-13(2)8-7-12-9-10-3-5-11-6-4-10/h3-6,9H,7-8H2,1-2H3. The Morgan fingerprint density at radius 1 is 1.38 bits per heavy atom. The van der Waals surface area contributed by atoms with Gasteiger partial charge in [-0.1, -0.05) is 0 Å². The van der Waals surface area contributed by atoms with Crippen LogP contribution < -0.4 is 0 Å². The van der Waals surface area contributed by atoms with Crippen LogP contribution in [0.4, 0.5) is 0 Å². The highest BCUT2D eigenvalue weighted by molar-refractivity contribution is 5.79. The van der Waals surface area contributed by atoms with Gasteiger partial charge in [0.15, 0.2) is 0 Å². The summed E-state index contributed by atoms with van der Waals surface area (Å²) in [6.07, 6.45) is 5.42. The smallest absolute Gasteiger partial charge is 0.0516 e. The van der Waals surface area contributed by atoms with Crippen LogP contribution in [-0.4, -0.2) is 43.3 Å². The minimum atomic E-state index is 0.843.